The molecule has 6 nitrogen and oxygen atoms in total. The van der Waals surface area contributed by atoms with Gasteiger partial charge >= 0.3 is 0 Å². The van der Waals surface area contributed by atoms with Gasteiger partial charge in [-0.25, -0.2) is 0 Å². The van der Waals surface area contributed by atoms with Crippen LogP contribution in [0.4, 0.5) is 5.69 Å². The molecule has 2 amide bonds. The van der Waals surface area contributed by atoms with Gasteiger partial charge < -0.3 is 10.1 Å². The number of methoxy groups -OCH3 is 1. The first-order valence-electron chi connectivity index (χ1n) is 11.0. The number of anilines is 1. The van der Waals surface area contributed by atoms with E-state index in [-0.39, 0.29) is 27.0 Å². The van der Waals surface area contributed by atoms with Crippen molar-refractivity contribution in [2.75, 3.05) is 12.0 Å². The molecular formula is C25H25Cl2N3O3S. The highest BCUT2D eigenvalue weighted by molar-refractivity contribution is 7.11. The van der Waals surface area contributed by atoms with Crippen molar-refractivity contribution in [3.63, 3.8) is 0 Å². The Labute approximate surface area is 213 Å². The number of amides is 2. The monoisotopic (exact) mass is 517 g/mol. The van der Waals surface area contributed by atoms with Crippen molar-refractivity contribution >= 4 is 52.2 Å². The quantitative estimate of drug-likeness (QED) is 0.404. The molecule has 1 atom stereocenters. The van der Waals surface area contributed by atoms with Crippen molar-refractivity contribution in [2.45, 2.75) is 44.7 Å². The Bertz CT molecular complexity index is 1160. The maximum absolute atomic E-state index is 13.9. The Morgan fingerprint density at radius 2 is 1.74 bits per heavy atom. The first-order valence-corrected chi connectivity index (χ1v) is 12.6. The number of nitrogens with one attached hydrogen (secondary N) is 1. The lowest BCUT2D eigenvalue weighted by Crippen LogP contribution is -2.46. The zero-order valence-corrected chi connectivity index (χ0v) is 21.2. The van der Waals surface area contributed by atoms with Crippen LogP contribution >= 0.6 is 34.7 Å². The number of carbonyl (C=O) groups excluding carboxylic acids is 2. The van der Waals surface area contributed by atoms with E-state index < -0.39 is 11.9 Å². The van der Waals surface area contributed by atoms with Gasteiger partial charge in [0.05, 0.1) is 7.11 Å². The lowest BCUT2D eigenvalue weighted by molar-refractivity contribution is -0.123. The highest BCUT2D eigenvalue weighted by Crippen LogP contribution is 2.35. The van der Waals surface area contributed by atoms with Gasteiger partial charge in [0.2, 0.25) is 5.91 Å². The van der Waals surface area contributed by atoms with Gasteiger partial charge in [0.25, 0.3) is 5.91 Å². The third-order valence-corrected chi connectivity index (χ3v) is 7.58. The molecule has 1 aromatic heterocycles. The maximum Gasteiger partial charge on any atom is 0.280 e. The molecule has 0 aliphatic heterocycles. The van der Waals surface area contributed by atoms with E-state index in [1.54, 1.807) is 31.4 Å². The molecule has 34 heavy (non-hydrogen) atoms. The lowest BCUT2D eigenvalue weighted by Gasteiger charge is -2.32. The predicted molar refractivity (Wildman–Crippen MR) is 136 cm³/mol. The van der Waals surface area contributed by atoms with Crippen molar-refractivity contribution in [2.24, 2.45) is 0 Å². The van der Waals surface area contributed by atoms with Gasteiger partial charge in [-0.3, -0.25) is 14.5 Å². The molecular weight excluding hydrogens is 493 g/mol. The van der Waals surface area contributed by atoms with Crippen LogP contribution in [0.1, 0.15) is 53.3 Å². The minimum absolute atomic E-state index is 0.0180. The average Bonchev–Trinajstić information content (AvgIpc) is 3.47. The number of aryl methyl sites for hydroxylation is 1. The van der Waals surface area contributed by atoms with Gasteiger partial charge in [-0.2, -0.15) is 4.37 Å². The van der Waals surface area contributed by atoms with Crippen molar-refractivity contribution < 1.29 is 14.3 Å². The minimum atomic E-state index is -0.946. The number of nitrogens with zero attached hydrogens (tertiary/aromatic N) is 2. The van der Waals surface area contributed by atoms with Gasteiger partial charge in [-0.1, -0.05) is 65.9 Å². The molecule has 0 saturated heterocycles. The Hall–Kier alpha value is -2.61. The van der Waals surface area contributed by atoms with Crippen LogP contribution in [-0.4, -0.2) is 29.3 Å². The van der Waals surface area contributed by atoms with Crippen LogP contribution in [0.5, 0.6) is 5.75 Å². The molecule has 1 aliphatic carbocycles. The molecule has 1 aliphatic rings. The number of halogens is 2. The smallest absolute Gasteiger partial charge is 0.280 e. The summed E-state index contributed by atoms with van der Waals surface area (Å²) in [4.78, 5) is 29.1. The summed E-state index contributed by atoms with van der Waals surface area (Å²) < 4.78 is 9.70. The topological polar surface area (TPSA) is 71.5 Å². The summed E-state index contributed by atoms with van der Waals surface area (Å²) in [5.74, 6) is -0.107. The van der Waals surface area contributed by atoms with Crippen LogP contribution in [0.25, 0.3) is 0 Å². The number of hydrogen-bond donors (Lipinski definition) is 1. The minimum Gasteiger partial charge on any atom is -0.497 e. The molecule has 178 valence electrons. The van der Waals surface area contributed by atoms with Crippen molar-refractivity contribution in [3.8, 4) is 5.75 Å². The molecule has 1 N–H and O–H groups in total. The van der Waals surface area contributed by atoms with E-state index in [1.807, 2.05) is 31.2 Å². The van der Waals surface area contributed by atoms with E-state index in [4.69, 9.17) is 27.9 Å². The Kier molecular flexibility index (Phi) is 7.76. The average molecular weight is 518 g/mol. The Balaban J connectivity index is 1.83. The highest BCUT2D eigenvalue weighted by atomic mass is 35.5. The Morgan fingerprint density at radius 3 is 2.29 bits per heavy atom. The van der Waals surface area contributed by atoms with Gasteiger partial charge in [-0.05, 0) is 61.1 Å². The number of benzene rings is 2. The first-order chi connectivity index (χ1) is 16.4. The fraction of sp³-hybridized carbons (Fsp3) is 0.320. The number of ether oxygens (including phenoxy) is 1. The molecule has 0 bridgehead atoms. The van der Waals surface area contributed by atoms with Crippen LogP contribution in [0.2, 0.25) is 9.36 Å². The zero-order valence-electron chi connectivity index (χ0n) is 18.9. The van der Waals surface area contributed by atoms with Crippen LogP contribution in [0.3, 0.4) is 0 Å². The molecule has 4 rings (SSSR count). The lowest BCUT2D eigenvalue weighted by atomic mass is 10.0. The normalized spacial score (nSPS) is 14.6. The van der Waals surface area contributed by atoms with Crippen molar-refractivity contribution in [3.05, 3.63) is 74.7 Å². The Morgan fingerprint density at radius 1 is 1.09 bits per heavy atom. The molecule has 1 fully saturated rings. The summed E-state index contributed by atoms with van der Waals surface area (Å²) >= 11 is 13.4. The summed E-state index contributed by atoms with van der Waals surface area (Å²) in [6.07, 6.45) is 4.00. The van der Waals surface area contributed by atoms with Crippen LogP contribution < -0.4 is 15.0 Å². The summed E-state index contributed by atoms with van der Waals surface area (Å²) in [5, 5.41) is 3.23. The number of rotatable bonds is 7. The van der Waals surface area contributed by atoms with E-state index in [0.717, 1.165) is 42.8 Å². The molecule has 3 aromatic rings. The first kappa shape index (κ1) is 24.5. The third-order valence-electron chi connectivity index (χ3n) is 5.97. The second-order valence-electron chi connectivity index (χ2n) is 8.30. The van der Waals surface area contributed by atoms with Crippen LogP contribution in [0, 0.1) is 6.92 Å². The fourth-order valence-corrected chi connectivity index (χ4v) is 5.14. The summed E-state index contributed by atoms with van der Waals surface area (Å²) in [7, 11) is 1.58. The van der Waals surface area contributed by atoms with E-state index in [2.05, 4.69) is 9.69 Å². The maximum atomic E-state index is 13.9. The summed E-state index contributed by atoms with van der Waals surface area (Å²) in [6.45, 7) is 1.96. The second kappa shape index (κ2) is 10.8. The molecule has 1 unspecified atom stereocenters. The molecule has 1 saturated carbocycles. The number of carbonyl (C=O) groups is 2. The standard InChI is InChI=1S/C25H25Cl2N3O3S/c1-15-7-11-18(12-8-15)30(25(32)21-20(26)23(27)34-29-21)22(16-9-13-19(33-2)14-10-16)24(31)28-17-5-3-4-6-17/h7-14,17,22H,3-6H2,1-2H3,(H,28,31). The molecule has 9 heteroatoms. The highest BCUT2D eigenvalue weighted by Gasteiger charge is 2.36. The van der Waals surface area contributed by atoms with Crippen LogP contribution in [-0.2, 0) is 4.79 Å². The van der Waals surface area contributed by atoms with Gasteiger partial charge in [-0.15, -0.1) is 0 Å². The second-order valence-corrected chi connectivity index (χ2v) is 10.0. The van der Waals surface area contributed by atoms with Crippen molar-refractivity contribution in [1.82, 2.24) is 9.69 Å². The van der Waals surface area contributed by atoms with E-state index >= 15 is 0 Å². The molecule has 2 aromatic carbocycles. The van der Waals surface area contributed by atoms with Gasteiger partial charge in [0.15, 0.2) is 5.69 Å². The summed E-state index contributed by atoms with van der Waals surface area (Å²) in [5.41, 5.74) is 2.24. The van der Waals surface area contributed by atoms with E-state index in [9.17, 15) is 9.59 Å². The number of aromatic nitrogens is 1. The number of hydrogen-bond acceptors (Lipinski definition) is 5. The van der Waals surface area contributed by atoms with Crippen LogP contribution in [0.15, 0.2) is 48.5 Å². The molecule has 1 heterocycles. The van der Waals surface area contributed by atoms with Gasteiger partial charge in [0.1, 0.15) is 21.2 Å². The summed E-state index contributed by atoms with van der Waals surface area (Å²) in [6, 6.07) is 13.7. The fourth-order valence-electron chi connectivity index (χ4n) is 4.15. The van der Waals surface area contributed by atoms with E-state index in [0.29, 0.717) is 17.0 Å². The van der Waals surface area contributed by atoms with E-state index in [1.165, 1.54) is 4.90 Å². The molecule has 0 spiro atoms. The SMILES string of the molecule is COc1ccc(C(C(=O)NC2CCCC2)N(C(=O)c2nsc(Cl)c2Cl)c2ccc(C)cc2)cc1. The van der Waals surface area contributed by atoms with Crippen molar-refractivity contribution in [1.29, 1.82) is 0 Å². The van der Waals surface area contributed by atoms with Gasteiger partial charge in [0, 0.05) is 11.7 Å². The largest absolute Gasteiger partial charge is 0.497 e. The molecule has 0 radical (unpaired) electrons. The third kappa shape index (κ3) is 5.22. The predicted octanol–water partition coefficient (Wildman–Crippen LogP) is 6.21. The zero-order chi connectivity index (χ0) is 24.2.